The zero-order valence-electron chi connectivity index (χ0n) is 9.31. The second-order valence-electron chi connectivity index (χ2n) is 3.93. The van der Waals surface area contributed by atoms with Crippen molar-refractivity contribution in [3.63, 3.8) is 0 Å². The Balaban J connectivity index is 3.65. The quantitative estimate of drug-likeness (QED) is 0.582. The van der Waals surface area contributed by atoms with Gasteiger partial charge in [-0.1, -0.05) is 6.07 Å². The summed E-state index contributed by atoms with van der Waals surface area (Å²) in [5.41, 5.74) is 4.44. The topological polar surface area (TPSA) is 17.1 Å². The predicted octanol–water partition coefficient (Wildman–Crippen LogP) is 3.08. The molecule has 0 saturated carbocycles. The van der Waals surface area contributed by atoms with Crippen LogP contribution in [0.2, 0.25) is 0 Å². The van der Waals surface area contributed by atoms with E-state index in [-0.39, 0.29) is 0 Å². The van der Waals surface area contributed by atoms with Crippen LogP contribution in [0.4, 0.5) is 0 Å². The highest BCUT2D eigenvalue weighted by atomic mass is 35.7. The van der Waals surface area contributed by atoms with Crippen molar-refractivity contribution in [2.45, 2.75) is 32.6 Å². The Kier molecular flexibility index (Phi) is 3.07. The summed E-state index contributed by atoms with van der Waals surface area (Å²) in [7, 11) is 3.29. The third-order valence-corrected chi connectivity index (χ3v) is 4.70. The standard InChI is InChI=1S/C11H17ClOS/c1-7-6-8(2)10(4)11(9(7)3)14(5,12)13/h6,14H,1-5H3. The van der Waals surface area contributed by atoms with Gasteiger partial charge in [-0.05, 0) is 69.8 Å². The van der Waals surface area contributed by atoms with E-state index in [0.717, 1.165) is 27.1 Å². The molecule has 0 radical (unpaired) electrons. The van der Waals surface area contributed by atoms with Gasteiger partial charge in [-0.3, -0.25) is 4.21 Å². The number of hydrogen-bond donors (Lipinski definition) is 1. The Bertz CT molecular complexity index is 392. The molecule has 0 aromatic heterocycles. The van der Waals surface area contributed by atoms with Crippen LogP contribution >= 0.6 is 10.7 Å². The lowest BCUT2D eigenvalue weighted by molar-refractivity contribution is 0.682. The molecule has 14 heavy (non-hydrogen) atoms. The van der Waals surface area contributed by atoms with Crippen molar-refractivity contribution < 1.29 is 4.21 Å². The third kappa shape index (κ3) is 2.01. The normalized spacial score (nSPS) is 13.0. The van der Waals surface area contributed by atoms with Gasteiger partial charge in [0.1, 0.15) is 0 Å². The molecule has 0 bridgehead atoms. The highest BCUT2D eigenvalue weighted by Crippen LogP contribution is 2.31. The summed E-state index contributed by atoms with van der Waals surface area (Å²) < 4.78 is 11.9. The van der Waals surface area contributed by atoms with E-state index < -0.39 is 9.15 Å². The number of halogens is 1. The monoisotopic (exact) mass is 232 g/mol. The van der Waals surface area contributed by atoms with Crippen LogP contribution in [0.25, 0.3) is 0 Å². The van der Waals surface area contributed by atoms with E-state index in [1.165, 1.54) is 0 Å². The first-order chi connectivity index (χ1) is 6.25. The SMILES string of the molecule is Cc1cc(C)c(C)c([SH](C)(=O)Cl)c1C. The molecule has 0 aliphatic rings. The van der Waals surface area contributed by atoms with E-state index in [2.05, 4.69) is 6.07 Å². The van der Waals surface area contributed by atoms with Crippen LogP contribution in [0.15, 0.2) is 11.0 Å². The second-order valence-corrected chi connectivity index (χ2v) is 7.95. The van der Waals surface area contributed by atoms with Gasteiger partial charge >= 0.3 is 0 Å². The molecule has 0 saturated heterocycles. The summed E-state index contributed by atoms with van der Waals surface area (Å²) in [6.07, 6.45) is 1.61. The Morgan fingerprint density at radius 1 is 1.07 bits per heavy atom. The molecule has 1 rings (SSSR count). The third-order valence-electron chi connectivity index (χ3n) is 2.73. The van der Waals surface area contributed by atoms with E-state index in [1.54, 1.807) is 6.26 Å². The van der Waals surface area contributed by atoms with Crippen LogP contribution in [-0.2, 0) is 9.15 Å². The maximum Gasteiger partial charge on any atom is 0.0339 e. The first kappa shape index (κ1) is 11.7. The van der Waals surface area contributed by atoms with Crippen LogP contribution in [0, 0.1) is 27.7 Å². The van der Waals surface area contributed by atoms with Crippen molar-refractivity contribution in [3.05, 3.63) is 28.3 Å². The first-order valence-corrected chi connectivity index (χ1v) is 7.66. The van der Waals surface area contributed by atoms with E-state index in [9.17, 15) is 4.21 Å². The van der Waals surface area contributed by atoms with Crippen molar-refractivity contribution in [1.82, 2.24) is 0 Å². The molecule has 0 fully saturated rings. The average Bonchev–Trinajstić information content (AvgIpc) is 1.98. The van der Waals surface area contributed by atoms with Gasteiger partial charge in [0, 0.05) is 11.2 Å². The minimum absolute atomic E-state index is 0.844. The van der Waals surface area contributed by atoms with E-state index in [1.807, 2.05) is 27.7 Å². The van der Waals surface area contributed by atoms with E-state index in [0.29, 0.717) is 0 Å². The van der Waals surface area contributed by atoms with Gasteiger partial charge in [0.15, 0.2) is 0 Å². The molecule has 0 heterocycles. The number of rotatable bonds is 1. The lowest BCUT2D eigenvalue weighted by atomic mass is 10.0. The molecule has 0 aliphatic heterocycles. The number of benzene rings is 1. The van der Waals surface area contributed by atoms with Gasteiger partial charge in [-0.15, -0.1) is 0 Å². The Labute approximate surface area is 91.4 Å². The van der Waals surface area contributed by atoms with Gasteiger partial charge < -0.3 is 0 Å². The van der Waals surface area contributed by atoms with Crippen molar-refractivity contribution in [1.29, 1.82) is 0 Å². The highest BCUT2D eigenvalue weighted by Gasteiger charge is 2.16. The van der Waals surface area contributed by atoms with Gasteiger partial charge in [0.05, 0.1) is 0 Å². The van der Waals surface area contributed by atoms with Gasteiger partial charge in [0.25, 0.3) is 0 Å². The first-order valence-electron chi connectivity index (χ1n) is 4.60. The fraction of sp³-hybridized carbons (Fsp3) is 0.455. The molecule has 0 aliphatic carbocycles. The summed E-state index contributed by atoms with van der Waals surface area (Å²) >= 11 is 0. The van der Waals surface area contributed by atoms with Gasteiger partial charge in [-0.25, -0.2) is 0 Å². The van der Waals surface area contributed by atoms with Gasteiger partial charge in [0.2, 0.25) is 0 Å². The molecule has 0 unspecified atom stereocenters. The summed E-state index contributed by atoms with van der Waals surface area (Å²) in [6, 6.07) is 2.11. The highest BCUT2D eigenvalue weighted by molar-refractivity contribution is 8.23. The number of aryl methyl sites for hydroxylation is 2. The van der Waals surface area contributed by atoms with Crippen molar-refractivity contribution in [2.24, 2.45) is 0 Å². The van der Waals surface area contributed by atoms with Crippen LogP contribution in [0.3, 0.4) is 0 Å². The van der Waals surface area contributed by atoms with Crippen LogP contribution < -0.4 is 0 Å². The minimum Gasteiger partial charge on any atom is -0.266 e. The van der Waals surface area contributed by atoms with Crippen LogP contribution in [-0.4, -0.2) is 10.5 Å². The molecule has 1 aromatic rings. The molecule has 1 nitrogen and oxygen atoms in total. The predicted molar refractivity (Wildman–Crippen MR) is 65.0 cm³/mol. The average molecular weight is 233 g/mol. The zero-order valence-corrected chi connectivity index (χ0v) is 11.0. The van der Waals surface area contributed by atoms with E-state index >= 15 is 0 Å². The van der Waals surface area contributed by atoms with Crippen molar-refractivity contribution in [2.75, 3.05) is 6.26 Å². The second kappa shape index (κ2) is 3.67. The fourth-order valence-electron chi connectivity index (χ4n) is 1.80. The van der Waals surface area contributed by atoms with Crippen LogP contribution in [0.5, 0.6) is 0 Å². The van der Waals surface area contributed by atoms with E-state index in [4.69, 9.17) is 10.7 Å². The molecule has 0 amide bonds. The molecule has 80 valence electrons. The molecular weight excluding hydrogens is 216 g/mol. The van der Waals surface area contributed by atoms with Crippen molar-refractivity contribution >= 4 is 19.8 Å². The maximum atomic E-state index is 11.9. The lowest BCUT2D eigenvalue weighted by Crippen LogP contribution is -2.07. The maximum absolute atomic E-state index is 11.9. The Morgan fingerprint density at radius 2 is 1.43 bits per heavy atom. The minimum atomic E-state index is -2.67. The Hall–Kier alpha value is -0.340. The molecule has 0 atom stereocenters. The molecule has 3 heteroatoms. The van der Waals surface area contributed by atoms with Crippen LogP contribution in [0.1, 0.15) is 22.3 Å². The summed E-state index contributed by atoms with van der Waals surface area (Å²) in [6.45, 7) is 8.01. The number of hydrogen-bond acceptors (Lipinski definition) is 1. The molecule has 0 spiro atoms. The van der Waals surface area contributed by atoms with Crippen molar-refractivity contribution in [3.8, 4) is 0 Å². The summed E-state index contributed by atoms with van der Waals surface area (Å²) in [5, 5.41) is 0. The zero-order chi connectivity index (χ0) is 11.1. The Morgan fingerprint density at radius 3 is 1.71 bits per heavy atom. The smallest absolute Gasteiger partial charge is 0.0339 e. The largest absolute Gasteiger partial charge is 0.266 e. The molecule has 1 aromatic carbocycles. The number of thiol groups is 1. The summed E-state index contributed by atoms with van der Waals surface area (Å²) in [4.78, 5) is 0.844. The fourth-order valence-corrected chi connectivity index (χ4v) is 4.11. The van der Waals surface area contributed by atoms with Gasteiger partial charge in [-0.2, -0.15) is 0 Å². The molecule has 0 N–H and O–H groups in total. The molecular formula is C11H17ClOS. The summed E-state index contributed by atoms with van der Waals surface area (Å²) in [5.74, 6) is 0. The lowest BCUT2D eigenvalue weighted by Gasteiger charge is -2.20.